The molecule has 3 heterocycles. The summed E-state index contributed by atoms with van der Waals surface area (Å²) >= 11 is 0. The van der Waals surface area contributed by atoms with Crippen molar-refractivity contribution in [1.82, 2.24) is 19.2 Å². The normalized spacial score (nSPS) is 20.6. The predicted molar refractivity (Wildman–Crippen MR) is 117 cm³/mol. The van der Waals surface area contributed by atoms with Crippen LogP contribution in [-0.4, -0.2) is 46.7 Å². The SMILES string of the molecule is Cc1cccc(CS(=O)(=O)N2CCC[C@@H]2c2nc3c(c(=O)[nH]2)CCN(C(C)C)C3)c1. The first-order valence-corrected chi connectivity index (χ1v) is 12.3. The van der Waals surface area contributed by atoms with Crippen LogP contribution in [0.4, 0.5) is 0 Å². The van der Waals surface area contributed by atoms with Gasteiger partial charge in [0.25, 0.3) is 5.56 Å². The van der Waals surface area contributed by atoms with Crippen molar-refractivity contribution in [3.8, 4) is 0 Å². The van der Waals surface area contributed by atoms with Crippen LogP contribution in [0.2, 0.25) is 0 Å². The van der Waals surface area contributed by atoms with Crippen molar-refractivity contribution in [2.75, 3.05) is 13.1 Å². The van der Waals surface area contributed by atoms with E-state index in [0.717, 1.165) is 35.3 Å². The molecular weight excluding hydrogens is 400 g/mol. The average Bonchev–Trinajstić information content (AvgIpc) is 3.18. The lowest BCUT2D eigenvalue weighted by atomic mass is 10.0. The Bertz CT molecular complexity index is 1090. The Labute approximate surface area is 178 Å². The molecule has 1 saturated heterocycles. The molecule has 7 nitrogen and oxygen atoms in total. The zero-order valence-corrected chi connectivity index (χ0v) is 18.7. The number of aromatic amines is 1. The number of hydrogen-bond acceptors (Lipinski definition) is 5. The maximum atomic E-state index is 13.2. The zero-order valence-electron chi connectivity index (χ0n) is 17.9. The monoisotopic (exact) mass is 430 g/mol. The summed E-state index contributed by atoms with van der Waals surface area (Å²) in [5, 5.41) is 0. The summed E-state index contributed by atoms with van der Waals surface area (Å²) in [5.41, 5.74) is 3.22. The van der Waals surface area contributed by atoms with E-state index in [1.807, 2.05) is 31.2 Å². The highest BCUT2D eigenvalue weighted by Gasteiger charge is 2.37. The molecule has 0 amide bonds. The zero-order chi connectivity index (χ0) is 21.5. The lowest BCUT2D eigenvalue weighted by molar-refractivity contribution is 0.198. The van der Waals surface area contributed by atoms with E-state index in [4.69, 9.17) is 4.98 Å². The molecule has 2 aliphatic heterocycles. The van der Waals surface area contributed by atoms with Gasteiger partial charge in [-0.25, -0.2) is 13.4 Å². The molecule has 1 aromatic carbocycles. The highest BCUT2D eigenvalue weighted by Crippen LogP contribution is 2.34. The summed E-state index contributed by atoms with van der Waals surface area (Å²) < 4.78 is 28.0. The van der Waals surface area contributed by atoms with Gasteiger partial charge in [-0.3, -0.25) is 9.69 Å². The van der Waals surface area contributed by atoms with Gasteiger partial charge < -0.3 is 4.98 Å². The minimum absolute atomic E-state index is 0.0402. The molecule has 0 spiro atoms. The second-order valence-electron chi connectivity index (χ2n) is 8.70. The van der Waals surface area contributed by atoms with Crippen molar-refractivity contribution in [3.05, 3.63) is 62.8 Å². The van der Waals surface area contributed by atoms with Gasteiger partial charge in [-0.15, -0.1) is 0 Å². The molecule has 0 unspecified atom stereocenters. The highest BCUT2D eigenvalue weighted by atomic mass is 32.2. The number of rotatable bonds is 5. The lowest BCUT2D eigenvalue weighted by Crippen LogP contribution is -2.40. The van der Waals surface area contributed by atoms with Crippen molar-refractivity contribution in [1.29, 1.82) is 0 Å². The largest absolute Gasteiger partial charge is 0.309 e. The highest BCUT2D eigenvalue weighted by molar-refractivity contribution is 7.88. The molecule has 0 bridgehead atoms. The molecule has 162 valence electrons. The third-order valence-electron chi connectivity index (χ3n) is 6.16. The van der Waals surface area contributed by atoms with Crippen molar-refractivity contribution in [3.63, 3.8) is 0 Å². The summed E-state index contributed by atoms with van der Waals surface area (Å²) in [6, 6.07) is 7.55. The summed E-state index contributed by atoms with van der Waals surface area (Å²) in [7, 11) is -3.52. The molecule has 1 aromatic heterocycles. The topological polar surface area (TPSA) is 86.4 Å². The molecule has 0 aliphatic carbocycles. The van der Waals surface area contributed by atoms with Crippen LogP contribution in [0.1, 0.15) is 60.9 Å². The van der Waals surface area contributed by atoms with Crippen LogP contribution < -0.4 is 5.56 Å². The number of benzene rings is 1. The molecule has 4 rings (SSSR count). The smallest absolute Gasteiger partial charge is 0.254 e. The molecule has 1 N–H and O–H groups in total. The first kappa shape index (κ1) is 21.2. The number of nitrogens with one attached hydrogen (secondary N) is 1. The number of sulfonamides is 1. The summed E-state index contributed by atoms with van der Waals surface area (Å²) in [5.74, 6) is 0.441. The fourth-order valence-electron chi connectivity index (χ4n) is 4.52. The number of aryl methyl sites for hydroxylation is 1. The van der Waals surface area contributed by atoms with Gasteiger partial charge in [-0.1, -0.05) is 29.8 Å². The standard InChI is InChI=1S/C22H30N4O3S/c1-15(2)25-11-9-18-19(13-25)23-21(24-22(18)27)20-8-5-10-26(20)30(28,29)14-17-7-4-6-16(3)12-17/h4,6-7,12,15,20H,5,8-11,13-14H2,1-3H3,(H,23,24,27)/t20-/m1/s1. The Hall–Kier alpha value is -2.03. The number of hydrogen-bond donors (Lipinski definition) is 1. The average molecular weight is 431 g/mol. The second-order valence-corrected chi connectivity index (χ2v) is 10.6. The maximum absolute atomic E-state index is 13.2. The molecule has 0 radical (unpaired) electrons. The minimum Gasteiger partial charge on any atom is -0.309 e. The van der Waals surface area contributed by atoms with Crippen LogP contribution >= 0.6 is 0 Å². The van der Waals surface area contributed by atoms with E-state index in [1.54, 1.807) is 0 Å². The van der Waals surface area contributed by atoms with E-state index in [0.29, 0.717) is 37.8 Å². The number of H-pyrrole nitrogens is 1. The quantitative estimate of drug-likeness (QED) is 0.788. The summed E-state index contributed by atoms with van der Waals surface area (Å²) in [6.07, 6.45) is 2.11. The van der Waals surface area contributed by atoms with E-state index in [9.17, 15) is 13.2 Å². The van der Waals surface area contributed by atoms with Gasteiger partial charge in [0.05, 0.1) is 17.5 Å². The van der Waals surface area contributed by atoms with E-state index in [1.165, 1.54) is 4.31 Å². The van der Waals surface area contributed by atoms with Crippen LogP contribution in [0.5, 0.6) is 0 Å². The molecule has 1 fully saturated rings. The lowest BCUT2D eigenvalue weighted by Gasteiger charge is -2.31. The number of nitrogens with zero attached hydrogens (tertiary/aromatic N) is 3. The molecule has 30 heavy (non-hydrogen) atoms. The minimum atomic E-state index is -3.52. The Kier molecular flexibility index (Phi) is 5.83. The Morgan fingerprint density at radius 1 is 1.27 bits per heavy atom. The van der Waals surface area contributed by atoms with Crippen molar-refractivity contribution >= 4 is 10.0 Å². The van der Waals surface area contributed by atoms with E-state index in [2.05, 4.69) is 23.7 Å². The van der Waals surface area contributed by atoms with E-state index >= 15 is 0 Å². The van der Waals surface area contributed by atoms with Crippen molar-refractivity contribution in [2.24, 2.45) is 0 Å². The van der Waals surface area contributed by atoms with E-state index in [-0.39, 0.29) is 11.3 Å². The van der Waals surface area contributed by atoms with Crippen LogP contribution in [0.15, 0.2) is 29.1 Å². The fraction of sp³-hybridized carbons (Fsp3) is 0.545. The van der Waals surface area contributed by atoms with Crippen LogP contribution in [0.25, 0.3) is 0 Å². The van der Waals surface area contributed by atoms with Gasteiger partial charge in [-0.2, -0.15) is 4.31 Å². The van der Waals surface area contributed by atoms with Crippen LogP contribution in [0.3, 0.4) is 0 Å². The fourth-order valence-corrected chi connectivity index (χ4v) is 6.29. The Balaban J connectivity index is 1.63. The van der Waals surface area contributed by atoms with Gasteiger partial charge in [-0.05, 0) is 45.6 Å². The number of fused-ring (bicyclic) bond motifs is 1. The molecule has 1 atom stereocenters. The summed E-state index contributed by atoms with van der Waals surface area (Å²) in [6.45, 7) is 8.15. The molecule has 8 heteroatoms. The van der Waals surface area contributed by atoms with E-state index < -0.39 is 16.1 Å². The van der Waals surface area contributed by atoms with Gasteiger partial charge >= 0.3 is 0 Å². The van der Waals surface area contributed by atoms with Crippen LogP contribution in [0, 0.1) is 6.92 Å². The molecule has 2 aromatic rings. The van der Waals surface area contributed by atoms with Crippen molar-refractivity contribution in [2.45, 2.75) is 64.4 Å². The maximum Gasteiger partial charge on any atom is 0.254 e. The van der Waals surface area contributed by atoms with Crippen LogP contribution in [-0.2, 0) is 28.7 Å². The predicted octanol–water partition coefficient (Wildman–Crippen LogP) is 2.51. The second kappa shape index (κ2) is 8.24. The number of aromatic nitrogens is 2. The first-order chi connectivity index (χ1) is 14.2. The molecule has 0 saturated carbocycles. The van der Waals surface area contributed by atoms with Gasteiger partial charge in [0.1, 0.15) is 5.82 Å². The Morgan fingerprint density at radius 3 is 2.80 bits per heavy atom. The van der Waals surface area contributed by atoms with Gasteiger partial charge in [0, 0.05) is 31.2 Å². The van der Waals surface area contributed by atoms with Gasteiger partial charge in [0.2, 0.25) is 10.0 Å². The Morgan fingerprint density at radius 2 is 2.07 bits per heavy atom. The summed E-state index contributed by atoms with van der Waals surface area (Å²) in [4.78, 5) is 22.7. The first-order valence-electron chi connectivity index (χ1n) is 10.7. The molecule has 2 aliphatic rings. The third kappa shape index (κ3) is 4.22. The molecular formula is C22H30N4O3S. The van der Waals surface area contributed by atoms with Crippen molar-refractivity contribution < 1.29 is 8.42 Å². The third-order valence-corrected chi connectivity index (χ3v) is 8.01. The van der Waals surface area contributed by atoms with Gasteiger partial charge in [0.15, 0.2) is 0 Å².